The Morgan fingerprint density at radius 2 is 2.11 bits per heavy atom. The Hall–Kier alpha value is -1.98. The van der Waals surface area contributed by atoms with Crippen LogP contribution in [-0.2, 0) is 33.1 Å². The molecule has 2 aromatic rings. The number of nitrogens with zero attached hydrogens (tertiary/aromatic N) is 2. The number of carbonyl (C=O) groups is 1. The molecule has 9 nitrogen and oxygen atoms in total. The van der Waals surface area contributed by atoms with Crippen LogP contribution in [0.5, 0.6) is 0 Å². The van der Waals surface area contributed by atoms with Crippen molar-refractivity contribution in [2.75, 3.05) is 27.3 Å². The van der Waals surface area contributed by atoms with Crippen LogP contribution < -0.4 is 15.4 Å². The van der Waals surface area contributed by atoms with E-state index in [0.29, 0.717) is 5.56 Å². The van der Waals surface area contributed by atoms with Gasteiger partial charge in [-0.25, -0.2) is 13.1 Å². The van der Waals surface area contributed by atoms with Gasteiger partial charge in [0.1, 0.15) is 6.04 Å². The first-order chi connectivity index (χ1) is 12.9. The van der Waals surface area contributed by atoms with Crippen LogP contribution in [0.15, 0.2) is 41.6 Å². The molecule has 0 aliphatic heterocycles. The molecule has 2 rings (SSSR count). The fourth-order valence-electron chi connectivity index (χ4n) is 2.51. The molecule has 0 saturated carbocycles. The number of carbonyl (C=O) groups excluding carboxylic acids is 1. The maximum absolute atomic E-state index is 12.5. The quantitative estimate of drug-likeness (QED) is 0.467. The number of halogens is 1. The largest absolute Gasteiger partial charge is 0.383 e. The molecule has 1 atom stereocenters. The third kappa shape index (κ3) is 6.57. The molecule has 0 bridgehead atoms. The Bertz CT molecular complexity index is 872. The van der Waals surface area contributed by atoms with Gasteiger partial charge in [-0.2, -0.15) is 5.10 Å². The molecule has 1 aromatic heterocycles. The minimum absolute atomic E-state index is 0. The lowest BCUT2D eigenvalue weighted by Crippen LogP contribution is -2.35. The Morgan fingerprint density at radius 1 is 1.36 bits per heavy atom. The molecule has 11 heteroatoms. The number of ether oxygens (including phenoxy) is 1. The van der Waals surface area contributed by atoms with Gasteiger partial charge in [-0.15, -0.1) is 12.4 Å². The van der Waals surface area contributed by atoms with Crippen LogP contribution in [0.1, 0.15) is 17.2 Å². The number of aryl methyl sites for hydroxylation is 1. The SMILES string of the molecule is CNC(C(=O)NCc1cccc(S(=O)(=O)NCCOC)c1)c1cnn(C)c1.Cl. The highest BCUT2D eigenvalue weighted by Crippen LogP contribution is 2.13. The van der Waals surface area contributed by atoms with Crippen molar-refractivity contribution in [3.05, 3.63) is 47.8 Å². The zero-order chi connectivity index (χ0) is 19.9. The summed E-state index contributed by atoms with van der Waals surface area (Å²) < 4.78 is 33.5. The predicted molar refractivity (Wildman–Crippen MR) is 108 cm³/mol. The highest BCUT2D eigenvalue weighted by Gasteiger charge is 2.20. The van der Waals surface area contributed by atoms with Crippen LogP contribution in [-0.4, -0.2) is 51.4 Å². The van der Waals surface area contributed by atoms with Gasteiger partial charge in [0, 0.05) is 39.0 Å². The minimum atomic E-state index is -3.62. The van der Waals surface area contributed by atoms with E-state index < -0.39 is 16.1 Å². The number of benzene rings is 1. The van der Waals surface area contributed by atoms with Crippen molar-refractivity contribution in [2.24, 2.45) is 7.05 Å². The second-order valence-corrected chi connectivity index (χ2v) is 7.69. The van der Waals surface area contributed by atoms with Crippen LogP contribution in [0.3, 0.4) is 0 Å². The van der Waals surface area contributed by atoms with Crippen molar-refractivity contribution in [1.82, 2.24) is 25.1 Å². The average Bonchev–Trinajstić information content (AvgIpc) is 3.07. The van der Waals surface area contributed by atoms with E-state index in [1.807, 2.05) is 0 Å². The summed E-state index contributed by atoms with van der Waals surface area (Å²) in [5.41, 5.74) is 1.43. The van der Waals surface area contributed by atoms with Crippen LogP contribution in [0.25, 0.3) is 0 Å². The predicted octanol–water partition coefficient (Wildman–Crippen LogP) is 0.344. The molecule has 1 aromatic carbocycles. The standard InChI is InChI=1S/C17H25N5O4S.ClH/c1-18-16(14-11-20-22(2)12-14)17(23)19-10-13-5-4-6-15(9-13)27(24,25)21-7-8-26-3;/h4-6,9,11-12,16,18,21H,7-8,10H2,1-3H3,(H,19,23);1H. The van der Waals surface area contributed by atoms with Gasteiger partial charge in [-0.3, -0.25) is 9.48 Å². The highest BCUT2D eigenvalue weighted by molar-refractivity contribution is 7.89. The Labute approximate surface area is 171 Å². The fraction of sp³-hybridized carbons (Fsp3) is 0.412. The number of hydrogen-bond acceptors (Lipinski definition) is 6. The summed E-state index contributed by atoms with van der Waals surface area (Å²) in [4.78, 5) is 12.6. The van der Waals surface area contributed by atoms with Crippen molar-refractivity contribution in [2.45, 2.75) is 17.5 Å². The van der Waals surface area contributed by atoms with Gasteiger partial charge in [0.25, 0.3) is 0 Å². The fourth-order valence-corrected chi connectivity index (χ4v) is 3.60. The first-order valence-corrected chi connectivity index (χ1v) is 9.86. The van der Waals surface area contributed by atoms with Gasteiger partial charge in [-0.05, 0) is 24.7 Å². The summed E-state index contributed by atoms with van der Waals surface area (Å²) in [6.07, 6.45) is 3.39. The number of aromatic nitrogens is 2. The number of methoxy groups -OCH3 is 1. The van der Waals surface area contributed by atoms with Crippen LogP contribution in [0, 0.1) is 0 Å². The third-order valence-electron chi connectivity index (χ3n) is 3.88. The summed E-state index contributed by atoms with van der Waals surface area (Å²) in [5.74, 6) is -0.225. The zero-order valence-electron chi connectivity index (χ0n) is 16.0. The van der Waals surface area contributed by atoms with Crippen molar-refractivity contribution in [3.63, 3.8) is 0 Å². The average molecular weight is 432 g/mol. The molecule has 1 unspecified atom stereocenters. The van der Waals surface area contributed by atoms with E-state index in [0.717, 1.165) is 5.56 Å². The van der Waals surface area contributed by atoms with Crippen molar-refractivity contribution in [1.29, 1.82) is 0 Å². The van der Waals surface area contributed by atoms with Gasteiger partial charge >= 0.3 is 0 Å². The lowest BCUT2D eigenvalue weighted by Gasteiger charge is -2.15. The van der Waals surface area contributed by atoms with E-state index in [1.54, 1.807) is 43.3 Å². The molecule has 1 amide bonds. The number of likely N-dealkylation sites (N-methyl/N-ethyl adjacent to an activating group) is 1. The summed E-state index contributed by atoms with van der Waals surface area (Å²) in [6, 6.07) is 5.90. The van der Waals surface area contributed by atoms with Gasteiger partial charge in [0.05, 0.1) is 17.7 Å². The molecule has 0 aliphatic rings. The van der Waals surface area contributed by atoms with Crippen LogP contribution in [0.2, 0.25) is 0 Å². The Morgan fingerprint density at radius 3 is 2.71 bits per heavy atom. The molecular weight excluding hydrogens is 406 g/mol. The van der Waals surface area contributed by atoms with Gasteiger partial charge in [0.15, 0.2) is 0 Å². The lowest BCUT2D eigenvalue weighted by molar-refractivity contribution is -0.123. The maximum Gasteiger partial charge on any atom is 0.242 e. The van der Waals surface area contributed by atoms with Gasteiger partial charge < -0.3 is 15.4 Å². The first-order valence-electron chi connectivity index (χ1n) is 8.38. The topological polar surface area (TPSA) is 114 Å². The second-order valence-electron chi connectivity index (χ2n) is 5.92. The van der Waals surface area contributed by atoms with E-state index in [-0.39, 0.29) is 42.9 Å². The molecule has 156 valence electrons. The van der Waals surface area contributed by atoms with Crippen molar-refractivity contribution >= 4 is 28.3 Å². The smallest absolute Gasteiger partial charge is 0.242 e. The minimum Gasteiger partial charge on any atom is -0.383 e. The molecule has 1 heterocycles. The number of rotatable bonds is 10. The van der Waals surface area contributed by atoms with E-state index >= 15 is 0 Å². The molecule has 3 N–H and O–H groups in total. The Kier molecular flexibility index (Phi) is 9.56. The summed E-state index contributed by atoms with van der Waals surface area (Å²) >= 11 is 0. The van der Waals surface area contributed by atoms with Crippen LogP contribution >= 0.6 is 12.4 Å². The molecule has 0 fully saturated rings. The zero-order valence-corrected chi connectivity index (χ0v) is 17.6. The first kappa shape index (κ1) is 24.1. The monoisotopic (exact) mass is 431 g/mol. The molecule has 0 aliphatic carbocycles. The molecule has 28 heavy (non-hydrogen) atoms. The second kappa shape index (κ2) is 11.1. The van der Waals surface area contributed by atoms with Gasteiger partial charge in [0.2, 0.25) is 15.9 Å². The molecule has 0 radical (unpaired) electrons. The number of nitrogens with one attached hydrogen (secondary N) is 3. The van der Waals surface area contributed by atoms with E-state index in [9.17, 15) is 13.2 Å². The normalized spacial score (nSPS) is 12.2. The maximum atomic E-state index is 12.5. The Balaban J connectivity index is 0.00000392. The molecule has 0 spiro atoms. The summed E-state index contributed by atoms with van der Waals surface area (Å²) in [5, 5.41) is 9.83. The lowest BCUT2D eigenvalue weighted by atomic mass is 10.1. The number of hydrogen-bond donors (Lipinski definition) is 3. The van der Waals surface area contributed by atoms with E-state index in [1.165, 1.54) is 19.2 Å². The van der Waals surface area contributed by atoms with Crippen LogP contribution in [0.4, 0.5) is 0 Å². The van der Waals surface area contributed by atoms with E-state index in [4.69, 9.17) is 4.74 Å². The van der Waals surface area contributed by atoms with Crippen molar-refractivity contribution < 1.29 is 17.9 Å². The third-order valence-corrected chi connectivity index (χ3v) is 5.34. The van der Waals surface area contributed by atoms with Gasteiger partial charge in [-0.1, -0.05) is 12.1 Å². The summed E-state index contributed by atoms with van der Waals surface area (Å²) in [6.45, 7) is 0.683. The molecule has 0 saturated heterocycles. The summed E-state index contributed by atoms with van der Waals surface area (Å²) in [7, 11) is 1.35. The number of sulfonamides is 1. The highest BCUT2D eigenvalue weighted by atomic mass is 35.5. The number of amides is 1. The molecular formula is C17H26ClN5O4S. The van der Waals surface area contributed by atoms with E-state index in [2.05, 4.69) is 20.5 Å². The van der Waals surface area contributed by atoms with Crippen molar-refractivity contribution in [3.8, 4) is 0 Å².